The predicted octanol–water partition coefficient (Wildman–Crippen LogP) is 0.787. The van der Waals surface area contributed by atoms with Gasteiger partial charge in [-0.2, -0.15) is 8.42 Å². The zero-order chi connectivity index (χ0) is 15.5. The SMILES string of the molecule is COc1cc(NC(=O)CC(C)=O)c(C)c(S(=O)(=O)O)c1.[Na]. The molecule has 9 heteroatoms. The van der Waals surface area contributed by atoms with Gasteiger partial charge in [0.15, 0.2) is 0 Å². The van der Waals surface area contributed by atoms with Gasteiger partial charge in [0.05, 0.1) is 13.5 Å². The standard InChI is InChI=1S/C12H15NO6S.Na/c1-7(14)4-12(15)13-10-5-9(19-3)6-11(8(10)2)20(16,17)18;/h5-6H,4H2,1-3H3,(H,13,15)(H,16,17,18);. The summed E-state index contributed by atoms with van der Waals surface area (Å²) in [6, 6.07) is 2.55. The molecule has 1 radical (unpaired) electrons. The Hall–Kier alpha value is -0.930. The van der Waals surface area contributed by atoms with Crippen LogP contribution < -0.4 is 10.1 Å². The fraction of sp³-hybridized carbons (Fsp3) is 0.333. The fourth-order valence-corrected chi connectivity index (χ4v) is 2.36. The molecular weight excluding hydrogens is 309 g/mol. The van der Waals surface area contributed by atoms with Crippen molar-refractivity contribution >= 4 is 57.1 Å². The molecule has 0 atom stereocenters. The molecule has 21 heavy (non-hydrogen) atoms. The minimum atomic E-state index is -4.45. The van der Waals surface area contributed by atoms with Crippen molar-refractivity contribution in [3.8, 4) is 5.75 Å². The van der Waals surface area contributed by atoms with E-state index >= 15 is 0 Å². The molecule has 0 saturated carbocycles. The molecule has 0 fully saturated rings. The summed E-state index contributed by atoms with van der Waals surface area (Å²) in [5.74, 6) is -0.741. The number of nitrogens with one attached hydrogen (secondary N) is 1. The Kier molecular flexibility index (Phi) is 7.55. The Morgan fingerprint density at radius 1 is 1.33 bits per heavy atom. The third-order valence-corrected chi connectivity index (χ3v) is 3.51. The number of methoxy groups -OCH3 is 1. The van der Waals surface area contributed by atoms with Crippen LogP contribution in [-0.4, -0.2) is 61.3 Å². The van der Waals surface area contributed by atoms with E-state index in [0.717, 1.165) is 6.07 Å². The summed E-state index contributed by atoms with van der Waals surface area (Å²) >= 11 is 0. The van der Waals surface area contributed by atoms with Gasteiger partial charge in [0.25, 0.3) is 10.1 Å². The van der Waals surface area contributed by atoms with Crippen LogP contribution >= 0.6 is 0 Å². The maximum atomic E-state index is 11.6. The topological polar surface area (TPSA) is 110 Å². The fourth-order valence-electron chi connectivity index (χ4n) is 1.60. The Bertz CT molecular complexity index is 656. The van der Waals surface area contributed by atoms with Gasteiger partial charge >= 0.3 is 0 Å². The van der Waals surface area contributed by atoms with E-state index in [0.29, 0.717) is 0 Å². The molecule has 0 bridgehead atoms. The first-order valence-corrected chi connectivity index (χ1v) is 7.04. The number of amides is 1. The molecule has 2 N–H and O–H groups in total. The molecule has 0 unspecified atom stereocenters. The van der Waals surface area contributed by atoms with Gasteiger partial charge in [0.1, 0.15) is 16.4 Å². The zero-order valence-electron chi connectivity index (χ0n) is 12.3. The van der Waals surface area contributed by atoms with Crippen LogP contribution in [-0.2, 0) is 19.7 Å². The van der Waals surface area contributed by atoms with Crippen LogP contribution in [0, 0.1) is 6.92 Å². The smallest absolute Gasteiger partial charge is 0.294 e. The van der Waals surface area contributed by atoms with Crippen molar-refractivity contribution in [3.63, 3.8) is 0 Å². The molecule has 0 saturated heterocycles. The summed E-state index contributed by atoms with van der Waals surface area (Å²) in [6.07, 6.45) is -0.322. The molecule has 0 aliphatic rings. The zero-order valence-corrected chi connectivity index (χ0v) is 15.1. The van der Waals surface area contributed by atoms with Gasteiger partial charge in [-0.3, -0.25) is 14.1 Å². The average Bonchev–Trinajstić information content (AvgIpc) is 2.29. The molecular formula is C12H15NNaO6S. The van der Waals surface area contributed by atoms with Crippen molar-refractivity contribution in [1.82, 2.24) is 0 Å². The number of ether oxygens (including phenoxy) is 1. The third kappa shape index (κ3) is 5.76. The quantitative estimate of drug-likeness (QED) is 0.471. The molecule has 0 aromatic heterocycles. The van der Waals surface area contributed by atoms with Gasteiger partial charge in [0, 0.05) is 47.4 Å². The first kappa shape index (κ1) is 20.1. The Morgan fingerprint density at radius 2 is 1.90 bits per heavy atom. The van der Waals surface area contributed by atoms with Crippen molar-refractivity contribution < 1.29 is 27.3 Å². The van der Waals surface area contributed by atoms with Gasteiger partial charge in [0.2, 0.25) is 5.91 Å². The molecule has 111 valence electrons. The third-order valence-electron chi connectivity index (χ3n) is 2.53. The van der Waals surface area contributed by atoms with E-state index in [1.165, 1.54) is 27.0 Å². The minimum Gasteiger partial charge on any atom is -0.497 e. The van der Waals surface area contributed by atoms with Crippen LogP contribution in [0.3, 0.4) is 0 Å². The number of ketones is 1. The van der Waals surface area contributed by atoms with Crippen molar-refractivity contribution in [1.29, 1.82) is 0 Å². The molecule has 7 nitrogen and oxygen atoms in total. The molecule has 0 aliphatic heterocycles. The van der Waals surface area contributed by atoms with Gasteiger partial charge in [-0.25, -0.2) is 0 Å². The van der Waals surface area contributed by atoms with Crippen molar-refractivity contribution in [3.05, 3.63) is 17.7 Å². The summed E-state index contributed by atoms with van der Waals surface area (Å²) in [7, 11) is -3.13. The molecule has 1 aromatic carbocycles. The van der Waals surface area contributed by atoms with Crippen LogP contribution in [0.2, 0.25) is 0 Å². The van der Waals surface area contributed by atoms with E-state index in [1.807, 2.05) is 0 Å². The summed E-state index contributed by atoms with van der Waals surface area (Å²) in [5.41, 5.74) is 0.313. The molecule has 1 rings (SSSR count). The van der Waals surface area contributed by atoms with Crippen LogP contribution in [0.4, 0.5) is 5.69 Å². The Morgan fingerprint density at radius 3 is 2.33 bits per heavy atom. The van der Waals surface area contributed by atoms with E-state index in [1.54, 1.807) is 0 Å². The normalized spacial score (nSPS) is 10.5. The van der Waals surface area contributed by atoms with Gasteiger partial charge in [-0.05, 0) is 19.4 Å². The molecule has 1 amide bonds. The van der Waals surface area contributed by atoms with E-state index in [4.69, 9.17) is 9.29 Å². The van der Waals surface area contributed by atoms with Crippen LogP contribution in [0.5, 0.6) is 5.75 Å². The number of rotatable bonds is 5. The molecule has 0 heterocycles. The number of hydrogen-bond donors (Lipinski definition) is 2. The maximum absolute atomic E-state index is 11.6. The predicted molar refractivity (Wildman–Crippen MR) is 77.2 cm³/mol. The van der Waals surface area contributed by atoms with E-state index in [-0.39, 0.29) is 63.7 Å². The summed E-state index contributed by atoms with van der Waals surface area (Å²) < 4.78 is 36.6. The van der Waals surface area contributed by atoms with Gasteiger partial charge in [-0.1, -0.05) is 0 Å². The van der Waals surface area contributed by atoms with Crippen LogP contribution in [0.25, 0.3) is 0 Å². The first-order chi connectivity index (χ1) is 9.15. The van der Waals surface area contributed by atoms with E-state index in [2.05, 4.69) is 5.32 Å². The molecule has 0 spiro atoms. The molecule has 1 aromatic rings. The van der Waals surface area contributed by atoms with Gasteiger partial charge in [-0.15, -0.1) is 0 Å². The maximum Gasteiger partial charge on any atom is 0.294 e. The summed E-state index contributed by atoms with van der Waals surface area (Å²) in [5, 5.41) is 2.41. The monoisotopic (exact) mass is 324 g/mol. The number of carbonyl (C=O) groups excluding carboxylic acids is 2. The summed E-state index contributed by atoms with van der Waals surface area (Å²) in [4.78, 5) is 22.0. The van der Waals surface area contributed by atoms with E-state index in [9.17, 15) is 18.0 Å². The largest absolute Gasteiger partial charge is 0.497 e. The number of carbonyl (C=O) groups is 2. The van der Waals surface area contributed by atoms with Crippen LogP contribution in [0.1, 0.15) is 18.9 Å². The average molecular weight is 324 g/mol. The second-order valence-electron chi connectivity index (χ2n) is 4.20. The Labute approximate surface area is 145 Å². The second kappa shape index (κ2) is 7.90. The van der Waals surface area contributed by atoms with Gasteiger partial charge < -0.3 is 10.1 Å². The Balaban J connectivity index is 0.00000400. The van der Waals surface area contributed by atoms with Crippen molar-refractivity contribution in [2.45, 2.75) is 25.2 Å². The second-order valence-corrected chi connectivity index (χ2v) is 5.59. The number of Topliss-reactive ketones (excluding diaryl/α,β-unsaturated/α-hetero) is 1. The minimum absolute atomic E-state index is 0. The molecule has 0 aliphatic carbocycles. The van der Waals surface area contributed by atoms with Crippen molar-refractivity contribution in [2.24, 2.45) is 0 Å². The summed E-state index contributed by atoms with van der Waals surface area (Å²) in [6.45, 7) is 2.69. The number of hydrogen-bond acceptors (Lipinski definition) is 5. The number of anilines is 1. The number of benzene rings is 1. The van der Waals surface area contributed by atoms with E-state index < -0.39 is 16.0 Å². The van der Waals surface area contributed by atoms with Crippen molar-refractivity contribution in [2.75, 3.05) is 12.4 Å². The first-order valence-electron chi connectivity index (χ1n) is 5.60. The van der Waals surface area contributed by atoms with Crippen LogP contribution in [0.15, 0.2) is 17.0 Å².